The molecular formula is C72H127NO8P+. The van der Waals surface area contributed by atoms with E-state index in [1.54, 1.807) is 0 Å². The zero-order chi connectivity index (χ0) is 59.8. The van der Waals surface area contributed by atoms with Gasteiger partial charge >= 0.3 is 19.8 Å². The lowest BCUT2D eigenvalue weighted by atomic mass is 10.0. The monoisotopic (exact) mass is 1160 g/mol. The van der Waals surface area contributed by atoms with E-state index in [0.717, 1.165) is 89.9 Å². The molecule has 0 amide bonds. The van der Waals surface area contributed by atoms with E-state index in [2.05, 4.69) is 123 Å². The van der Waals surface area contributed by atoms with Crippen molar-refractivity contribution in [3.63, 3.8) is 0 Å². The van der Waals surface area contributed by atoms with Crippen molar-refractivity contribution in [1.29, 1.82) is 0 Å². The lowest BCUT2D eigenvalue weighted by Gasteiger charge is -2.24. The first-order valence-electron chi connectivity index (χ1n) is 33.6. The topological polar surface area (TPSA) is 108 Å². The number of phosphoric acid groups is 1. The summed E-state index contributed by atoms with van der Waals surface area (Å²) in [5, 5.41) is 0. The number of hydrogen-bond donors (Lipinski definition) is 1. The molecular weight excluding hydrogens is 1040 g/mol. The fraction of sp³-hybridized carbons (Fsp3) is 0.722. The van der Waals surface area contributed by atoms with Crippen molar-refractivity contribution < 1.29 is 42.1 Å². The summed E-state index contributed by atoms with van der Waals surface area (Å²) in [5.41, 5.74) is 0. The Balaban J connectivity index is 4.01. The van der Waals surface area contributed by atoms with Gasteiger partial charge in [-0.1, -0.05) is 277 Å². The molecule has 0 aromatic rings. The molecule has 82 heavy (non-hydrogen) atoms. The van der Waals surface area contributed by atoms with Crippen molar-refractivity contribution in [1.82, 2.24) is 0 Å². The van der Waals surface area contributed by atoms with Crippen molar-refractivity contribution in [3.05, 3.63) is 109 Å². The highest BCUT2D eigenvalue weighted by Gasteiger charge is 2.27. The molecule has 0 heterocycles. The molecule has 0 aromatic carbocycles. The average molecular weight is 1170 g/mol. The predicted molar refractivity (Wildman–Crippen MR) is 353 cm³/mol. The van der Waals surface area contributed by atoms with Gasteiger partial charge in [0.15, 0.2) is 6.10 Å². The fourth-order valence-corrected chi connectivity index (χ4v) is 9.89. The molecule has 0 spiro atoms. The second-order valence-electron chi connectivity index (χ2n) is 23.5. The van der Waals surface area contributed by atoms with Crippen molar-refractivity contribution in [2.75, 3.05) is 47.5 Å². The summed E-state index contributed by atoms with van der Waals surface area (Å²) in [6.45, 7) is 4.31. The van der Waals surface area contributed by atoms with Gasteiger partial charge < -0.3 is 18.9 Å². The number of nitrogens with zero attached hydrogens (tertiary/aromatic N) is 1. The van der Waals surface area contributed by atoms with Gasteiger partial charge in [0, 0.05) is 12.8 Å². The number of esters is 2. The van der Waals surface area contributed by atoms with Gasteiger partial charge in [-0.2, -0.15) is 0 Å². The zero-order valence-electron chi connectivity index (χ0n) is 53.7. The summed E-state index contributed by atoms with van der Waals surface area (Å²) in [6, 6.07) is 0. The van der Waals surface area contributed by atoms with Gasteiger partial charge in [0.2, 0.25) is 0 Å². The average Bonchev–Trinajstić information content (AvgIpc) is 3.46. The van der Waals surface area contributed by atoms with Crippen LogP contribution in [0, 0.1) is 0 Å². The molecule has 0 saturated carbocycles. The van der Waals surface area contributed by atoms with Crippen LogP contribution in [0.4, 0.5) is 0 Å². The van der Waals surface area contributed by atoms with Gasteiger partial charge in [-0.3, -0.25) is 18.6 Å². The summed E-state index contributed by atoms with van der Waals surface area (Å²) >= 11 is 0. The summed E-state index contributed by atoms with van der Waals surface area (Å²) in [5.74, 6) is -0.797. The first-order valence-corrected chi connectivity index (χ1v) is 35.1. The Labute approximate surface area is 506 Å². The van der Waals surface area contributed by atoms with Gasteiger partial charge in [0.05, 0.1) is 27.7 Å². The standard InChI is InChI=1S/C72H126NO8P/c1-6-8-10-12-14-16-18-20-22-24-26-27-28-29-30-31-32-33-34-35-36-37-38-39-40-41-42-43-44-45-47-49-51-53-55-57-59-61-63-65-72(75)81-70(69-80-82(76,77)79-67-66-73(3,4)5)68-78-71(74)64-62-60-58-56-54-52-50-48-46-25-23-21-19-17-15-13-11-9-7-2/h8,10,14-17,20-23,26-27,29-30,32-33,35-36,70H,6-7,9,11-13,18-19,24-25,28,31,34,37-69H2,1-5H3/p+1/b10-8-,16-14-,17-15-,22-20-,23-21-,27-26-,30-29-,33-32-,36-35-. The second kappa shape index (κ2) is 62.2. The molecule has 0 saturated heterocycles. The molecule has 0 aliphatic rings. The van der Waals surface area contributed by atoms with Crippen molar-refractivity contribution in [3.8, 4) is 0 Å². The Bertz CT molecular complexity index is 1750. The van der Waals surface area contributed by atoms with E-state index in [1.807, 2.05) is 21.1 Å². The lowest BCUT2D eigenvalue weighted by Crippen LogP contribution is -2.37. The number of phosphoric ester groups is 1. The van der Waals surface area contributed by atoms with Crippen LogP contribution >= 0.6 is 7.82 Å². The molecule has 2 atom stereocenters. The van der Waals surface area contributed by atoms with Crippen LogP contribution in [0.15, 0.2) is 109 Å². The van der Waals surface area contributed by atoms with Gasteiger partial charge in [-0.15, -0.1) is 0 Å². The first kappa shape index (κ1) is 78.7. The maximum absolute atomic E-state index is 12.9. The van der Waals surface area contributed by atoms with Gasteiger partial charge in [0.25, 0.3) is 0 Å². The quantitative estimate of drug-likeness (QED) is 0.0211. The van der Waals surface area contributed by atoms with E-state index < -0.39 is 26.5 Å². The molecule has 9 nitrogen and oxygen atoms in total. The number of quaternary nitrogens is 1. The van der Waals surface area contributed by atoms with Crippen molar-refractivity contribution in [2.45, 2.75) is 290 Å². The Morgan fingerprint density at radius 2 is 0.695 bits per heavy atom. The van der Waals surface area contributed by atoms with E-state index in [1.165, 1.54) is 161 Å². The second-order valence-corrected chi connectivity index (χ2v) is 24.9. The third-order valence-corrected chi connectivity index (χ3v) is 15.3. The summed E-state index contributed by atoms with van der Waals surface area (Å²) < 4.78 is 34.7. The molecule has 0 aliphatic heterocycles. The van der Waals surface area contributed by atoms with Crippen LogP contribution in [0.1, 0.15) is 284 Å². The van der Waals surface area contributed by atoms with Crippen molar-refractivity contribution in [2.24, 2.45) is 0 Å². The summed E-state index contributed by atoms with van der Waals surface area (Å²) in [4.78, 5) is 35.8. The Morgan fingerprint density at radius 3 is 1.04 bits per heavy atom. The van der Waals surface area contributed by atoms with E-state index in [0.29, 0.717) is 17.4 Å². The van der Waals surface area contributed by atoms with Gasteiger partial charge in [-0.05, 0) is 103 Å². The van der Waals surface area contributed by atoms with Crippen molar-refractivity contribution >= 4 is 19.8 Å². The van der Waals surface area contributed by atoms with Crippen LogP contribution in [-0.4, -0.2) is 74.9 Å². The molecule has 0 bridgehead atoms. The van der Waals surface area contributed by atoms with Crippen LogP contribution in [0.5, 0.6) is 0 Å². The van der Waals surface area contributed by atoms with E-state index in [-0.39, 0.29) is 32.0 Å². The number of unbranched alkanes of at least 4 members (excludes halogenated alkanes) is 29. The minimum Gasteiger partial charge on any atom is -0.462 e. The zero-order valence-corrected chi connectivity index (χ0v) is 54.6. The van der Waals surface area contributed by atoms with Gasteiger partial charge in [-0.25, -0.2) is 4.57 Å². The van der Waals surface area contributed by atoms with Crippen LogP contribution in [0.3, 0.4) is 0 Å². The molecule has 10 heteroatoms. The highest BCUT2D eigenvalue weighted by atomic mass is 31.2. The minimum absolute atomic E-state index is 0.0284. The SMILES string of the molecule is CC/C=C\C/C=C\C/C=C\C/C=C\C/C=C\C/C=C\C/C=C\CCCCCCCCCCCCCCCCCCCC(=O)OC(COC(=O)CCCCCCCCCCC/C=C\C/C=C\CCCCC)COP(=O)(O)OCC[N+](C)(C)C. The number of hydrogen-bond acceptors (Lipinski definition) is 7. The normalized spacial score (nSPS) is 13.9. The summed E-state index contributed by atoms with van der Waals surface area (Å²) in [7, 11) is 1.47. The Morgan fingerprint density at radius 1 is 0.390 bits per heavy atom. The lowest BCUT2D eigenvalue weighted by molar-refractivity contribution is -0.870. The van der Waals surface area contributed by atoms with Crippen LogP contribution in [-0.2, 0) is 32.7 Å². The van der Waals surface area contributed by atoms with Crippen LogP contribution in [0.2, 0.25) is 0 Å². The highest BCUT2D eigenvalue weighted by molar-refractivity contribution is 7.47. The fourth-order valence-electron chi connectivity index (χ4n) is 9.15. The van der Waals surface area contributed by atoms with Crippen LogP contribution in [0.25, 0.3) is 0 Å². The number of carbonyl (C=O) groups excluding carboxylic acids is 2. The maximum atomic E-state index is 12.9. The molecule has 0 aromatic heterocycles. The van der Waals surface area contributed by atoms with Crippen LogP contribution < -0.4 is 0 Å². The number of likely N-dealkylation sites (N-methyl/N-ethyl adjacent to an activating group) is 1. The third-order valence-electron chi connectivity index (χ3n) is 14.3. The largest absolute Gasteiger partial charge is 0.472 e. The highest BCUT2D eigenvalue weighted by Crippen LogP contribution is 2.43. The molecule has 0 radical (unpaired) electrons. The van der Waals surface area contributed by atoms with E-state index >= 15 is 0 Å². The third kappa shape index (κ3) is 65.8. The molecule has 2 unspecified atom stereocenters. The first-order chi connectivity index (χ1) is 40.0. The molecule has 472 valence electrons. The Hall–Kier alpha value is -3.33. The van der Waals surface area contributed by atoms with Gasteiger partial charge in [0.1, 0.15) is 19.8 Å². The van der Waals surface area contributed by atoms with E-state index in [4.69, 9.17) is 18.5 Å². The molecule has 1 N–H and O–H groups in total. The maximum Gasteiger partial charge on any atom is 0.472 e. The Kier molecular flexibility index (Phi) is 59.7. The number of allylic oxidation sites excluding steroid dienone is 18. The molecule has 0 fully saturated rings. The summed E-state index contributed by atoms with van der Waals surface area (Å²) in [6.07, 6.45) is 87.5. The number of ether oxygens (including phenoxy) is 2. The predicted octanol–water partition coefficient (Wildman–Crippen LogP) is 21.7. The number of carbonyl (C=O) groups is 2. The smallest absolute Gasteiger partial charge is 0.462 e. The molecule has 0 aliphatic carbocycles. The van der Waals surface area contributed by atoms with E-state index in [9.17, 15) is 19.0 Å². The number of rotatable bonds is 61. The minimum atomic E-state index is -4.39. The molecule has 0 rings (SSSR count).